The standard InChI is InChI=1S/C14H28N2O3/c1-6-15-14(4,13(17)18-5)7-8-16-9-11(2)19-12(3)10-16/h11-12,15H,6-10H2,1-5H3/t11-,12+,14?. The molecule has 0 saturated carbocycles. The summed E-state index contributed by atoms with van der Waals surface area (Å²) >= 11 is 0. The molecular formula is C14H28N2O3. The van der Waals surface area contributed by atoms with Crippen LogP contribution in [0.25, 0.3) is 0 Å². The van der Waals surface area contributed by atoms with Gasteiger partial charge in [-0.05, 0) is 33.7 Å². The molecule has 1 fully saturated rings. The highest BCUT2D eigenvalue weighted by Crippen LogP contribution is 2.16. The van der Waals surface area contributed by atoms with Gasteiger partial charge in [-0.15, -0.1) is 0 Å². The maximum absolute atomic E-state index is 11.9. The summed E-state index contributed by atoms with van der Waals surface area (Å²) in [6.45, 7) is 11.6. The molecule has 112 valence electrons. The molecule has 0 aromatic heterocycles. The topological polar surface area (TPSA) is 50.8 Å². The lowest BCUT2D eigenvalue weighted by molar-refractivity contribution is -0.148. The van der Waals surface area contributed by atoms with Gasteiger partial charge in [-0.3, -0.25) is 9.69 Å². The molecule has 1 aliphatic heterocycles. The summed E-state index contributed by atoms with van der Waals surface area (Å²) in [5.41, 5.74) is -0.603. The van der Waals surface area contributed by atoms with Gasteiger partial charge in [-0.25, -0.2) is 0 Å². The van der Waals surface area contributed by atoms with E-state index >= 15 is 0 Å². The second kappa shape index (κ2) is 7.22. The Balaban J connectivity index is 2.54. The number of morpholine rings is 1. The zero-order valence-electron chi connectivity index (χ0n) is 12.9. The van der Waals surface area contributed by atoms with Gasteiger partial charge in [0.15, 0.2) is 0 Å². The molecule has 1 unspecified atom stereocenters. The van der Waals surface area contributed by atoms with Crippen molar-refractivity contribution in [1.29, 1.82) is 0 Å². The van der Waals surface area contributed by atoms with Crippen molar-refractivity contribution in [2.45, 2.75) is 51.9 Å². The van der Waals surface area contributed by atoms with E-state index in [9.17, 15) is 4.79 Å². The van der Waals surface area contributed by atoms with Crippen molar-refractivity contribution >= 4 is 5.97 Å². The maximum Gasteiger partial charge on any atom is 0.325 e. The maximum atomic E-state index is 11.9. The van der Waals surface area contributed by atoms with E-state index in [1.165, 1.54) is 7.11 Å². The minimum absolute atomic E-state index is 0.191. The number of nitrogens with one attached hydrogen (secondary N) is 1. The predicted molar refractivity (Wildman–Crippen MR) is 75.2 cm³/mol. The molecule has 0 aliphatic carbocycles. The molecule has 1 rings (SSSR count). The Hall–Kier alpha value is -0.650. The van der Waals surface area contributed by atoms with Gasteiger partial charge >= 0.3 is 5.97 Å². The van der Waals surface area contributed by atoms with Crippen molar-refractivity contribution in [3.63, 3.8) is 0 Å². The molecule has 0 radical (unpaired) electrons. The van der Waals surface area contributed by atoms with Crippen molar-refractivity contribution in [2.24, 2.45) is 0 Å². The predicted octanol–water partition coefficient (Wildman–Crippen LogP) is 1.03. The van der Waals surface area contributed by atoms with Gasteiger partial charge < -0.3 is 14.8 Å². The summed E-state index contributed by atoms with van der Waals surface area (Å²) < 4.78 is 10.6. The lowest BCUT2D eigenvalue weighted by Crippen LogP contribution is -2.53. The molecule has 5 nitrogen and oxygen atoms in total. The Labute approximate surface area is 116 Å². The summed E-state index contributed by atoms with van der Waals surface area (Å²) in [5.74, 6) is -0.191. The van der Waals surface area contributed by atoms with Crippen LogP contribution in [-0.4, -0.2) is 61.9 Å². The first-order valence-electron chi connectivity index (χ1n) is 7.12. The molecular weight excluding hydrogens is 244 g/mol. The van der Waals surface area contributed by atoms with Crippen LogP contribution < -0.4 is 5.32 Å². The Morgan fingerprint density at radius 1 is 1.42 bits per heavy atom. The molecule has 0 bridgehead atoms. The van der Waals surface area contributed by atoms with Gasteiger partial charge in [0, 0.05) is 19.6 Å². The first-order valence-corrected chi connectivity index (χ1v) is 7.12. The molecule has 0 amide bonds. The summed E-state index contributed by atoms with van der Waals surface area (Å²) in [6.07, 6.45) is 1.26. The third kappa shape index (κ3) is 4.75. The highest BCUT2D eigenvalue weighted by Gasteiger charge is 2.34. The van der Waals surface area contributed by atoms with Crippen LogP contribution in [0.5, 0.6) is 0 Å². The van der Waals surface area contributed by atoms with Crippen LogP contribution >= 0.6 is 0 Å². The molecule has 3 atom stereocenters. The minimum Gasteiger partial charge on any atom is -0.468 e. The fourth-order valence-electron chi connectivity index (χ4n) is 2.73. The minimum atomic E-state index is -0.603. The van der Waals surface area contributed by atoms with Gasteiger partial charge in [0.25, 0.3) is 0 Å². The van der Waals surface area contributed by atoms with E-state index in [2.05, 4.69) is 24.1 Å². The van der Waals surface area contributed by atoms with Crippen molar-refractivity contribution in [3.8, 4) is 0 Å². The normalized spacial score (nSPS) is 27.8. The van der Waals surface area contributed by atoms with Crippen molar-refractivity contribution in [2.75, 3.05) is 33.3 Å². The molecule has 0 aromatic rings. The second-order valence-electron chi connectivity index (χ2n) is 5.62. The monoisotopic (exact) mass is 272 g/mol. The second-order valence-corrected chi connectivity index (χ2v) is 5.62. The van der Waals surface area contributed by atoms with Crippen LogP contribution in [-0.2, 0) is 14.3 Å². The molecule has 1 heterocycles. The van der Waals surface area contributed by atoms with Crippen LogP contribution in [0, 0.1) is 0 Å². The van der Waals surface area contributed by atoms with Crippen molar-refractivity contribution in [3.05, 3.63) is 0 Å². The molecule has 1 aliphatic rings. The molecule has 1 saturated heterocycles. The number of esters is 1. The largest absolute Gasteiger partial charge is 0.468 e. The number of rotatable bonds is 6. The highest BCUT2D eigenvalue weighted by atomic mass is 16.5. The van der Waals surface area contributed by atoms with Gasteiger partial charge in [-0.1, -0.05) is 6.92 Å². The van der Waals surface area contributed by atoms with Crippen LogP contribution in [0.2, 0.25) is 0 Å². The van der Waals surface area contributed by atoms with Gasteiger partial charge in [0.1, 0.15) is 5.54 Å². The van der Waals surface area contributed by atoms with Crippen molar-refractivity contribution < 1.29 is 14.3 Å². The fourth-order valence-corrected chi connectivity index (χ4v) is 2.73. The van der Waals surface area contributed by atoms with E-state index in [1.807, 2.05) is 13.8 Å². The Morgan fingerprint density at radius 3 is 2.47 bits per heavy atom. The molecule has 0 spiro atoms. The average Bonchev–Trinajstić information content (AvgIpc) is 2.34. The zero-order valence-corrected chi connectivity index (χ0v) is 12.9. The number of hydrogen-bond acceptors (Lipinski definition) is 5. The summed E-state index contributed by atoms with van der Waals surface area (Å²) in [4.78, 5) is 14.3. The molecule has 19 heavy (non-hydrogen) atoms. The summed E-state index contributed by atoms with van der Waals surface area (Å²) in [7, 11) is 1.44. The quantitative estimate of drug-likeness (QED) is 0.732. The third-order valence-electron chi connectivity index (χ3n) is 3.63. The Kier molecular flexibility index (Phi) is 6.23. The SMILES string of the molecule is CCNC(C)(CCN1C[C@@H](C)O[C@@H](C)C1)C(=O)OC. The van der Waals surface area contributed by atoms with Gasteiger partial charge in [-0.2, -0.15) is 0 Å². The van der Waals surface area contributed by atoms with Crippen LogP contribution in [0.15, 0.2) is 0 Å². The number of carbonyl (C=O) groups is 1. The van der Waals surface area contributed by atoms with Crippen LogP contribution in [0.4, 0.5) is 0 Å². The van der Waals surface area contributed by atoms with Gasteiger partial charge in [0.05, 0.1) is 19.3 Å². The van der Waals surface area contributed by atoms with Crippen LogP contribution in [0.1, 0.15) is 34.1 Å². The number of nitrogens with zero attached hydrogens (tertiary/aromatic N) is 1. The number of methoxy groups -OCH3 is 1. The lowest BCUT2D eigenvalue weighted by atomic mass is 9.97. The first-order chi connectivity index (χ1) is 8.91. The molecule has 1 N–H and O–H groups in total. The van der Waals surface area contributed by atoms with E-state index in [0.29, 0.717) is 0 Å². The van der Waals surface area contributed by atoms with Crippen molar-refractivity contribution in [1.82, 2.24) is 10.2 Å². The average molecular weight is 272 g/mol. The van der Waals surface area contributed by atoms with E-state index in [0.717, 1.165) is 32.6 Å². The van der Waals surface area contributed by atoms with E-state index in [-0.39, 0.29) is 18.2 Å². The first kappa shape index (κ1) is 16.4. The lowest BCUT2D eigenvalue weighted by Gasteiger charge is -2.37. The number of hydrogen-bond donors (Lipinski definition) is 1. The highest BCUT2D eigenvalue weighted by molar-refractivity contribution is 5.80. The number of ether oxygens (including phenoxy) is 2. The zero-order chi connectivity index (χ0) is 14.5. The number of carbonyl (C=O) groups excluding carboxylic acids is 1. The summed E-state index contributed by atoms with van der Waals surface area (Å²) in [5, 5.41) is 3.24. The Morgan fingerprint density at radius 2 is 2.00 bits per heavy atom. The van der Waals surface area contributed by atoms with Crippen LogP contribution in [0.3, 0.4) is 0 Å². The summed E-state index contributed by atoms with van der Waals surface area (Å²) in [6, 6.07) is 0. The van der Waals surface area contributed by atoms with Gasteiger partial charge in [0.2, 0.25) is 0 Å². The number of likely N-dealkylation sites (N-methyl/N-ethyl adjacent to an activating group) is 1. The Bertz CT molecular complexity index is 288. The van der Waals surface area contributed by atoms with E-state index < -0.39 is 5.54 Å². The molecule has 5 heteroatoms. The van der Waals surface area contributed by atoms with E-state index in [1.54, 1.807) is 0 Å². The van der Waals surface area contributed by atoms with E-state index in [4.69, 9.17) is 9.47 Å². The third-order valence-corrected chi connectivity index (χ3v) is 3.63. The smallest absolute Gasteiger partial charge is 0.325 e. The molecule has 0 aromatic carbocycles. The fraction of sp³-hybridized carbons (Fsp3) is 0.929.